The molecule has 0 radical (unpaired) electrons. The molecule has 0 aliphatic rings. The number of aliphatic hydroxyl groups is 1. The zero-order valence-corrected chi connectivity index (χ0v) is 21.6. The largest absolute Gasteiger partial charge is 0.392 e. The lowest BCUT2D eigenvalue weighted by molar-refractivity contribution is -0.122. The Kier molecular flexibility index (Phi) is 22.3. The van der Waals surface area contributed by atoms with Crippen LogP contribution < -0.4 is 10.6 Å². The second-order valence-corrected chi connectivity index (χ2v) is 8.89. The van der Waals surface area contributed by atoms with E-state index in [0.717, 1.165) is 77.3 Å². The van der Waals surface area contributed by atoms with Crippen LogP contribution in [0.3, 0.4) is 0 Å². The summed E-state index contributed by atoms with van der Waals surface area (Å²) in [7, 11) is 0. The van der Waals surface area contributed by atoms with Crippen molar-refractivity contribution in [2.75, 3.05) is 32.7 Å². The molecule has 0 spiro atoms. The van der Waals surface area contributed by atoms with Gasteiger partial charge in [-0.3, -0.25) is 9.59 Å². The molecule has 6 heteroatoms. The summed E-state index contributed by atoms with van der Waals surface area (Å²) < 4.78 is 0. The number of unbranched alkanes of at least 4 members (excludes halogenated alkanes) is 6. The van der Waals surface area contributed by atoms with Crippen LogP contribution in [0.15, 0.2) is 24.3 Å². The van der Waals surface area contributed by atoms with Crippen LogP contribution in [0.1, 0.15) is 97.8 Å². The normalized spacial score (nSPS) is 12.6. The molecule has 0 bridgehead atoms. The average molecular weight is 466 g/mol. The van der Waals surface area contributed by atoms with Crippen LogP contribution in [0.4, 0.5) is 0 Å². The van der Waals surface area contributed by atoms with E-state index in [1.54, 1.807) is 6.92 Å². The Balaban J connectivity index is 3.85. The van der Waals surface area contributed by atoms with Gasteiger partial charge >= 0.3 is 0 Å². The van der Waals surface area contributed by atoms with Crippen molar-refractivity contribution in [2.45, 2.75) is 104 Å². The van der Waals surface area contributed by atoms with E-state index in [0.29, 0.717) is 32.5 Å². The summed E-state index contributed by atoms with van der Waals surface area (Å²) >= 11 is 0. The molecule has 0 aromatic carbocycles. The molecule has 2 amide bonds. The van der Waals surface area contributed by atoms with Gasteiger partial charge in [-0.1, -0.05) is 37.1 Å². The second-order valence-electron chi connectivity index (χ2n) is 8.89. The van der Waals surface area contributed by atoms with Crippen LogP contribution >= 0.6 is 0 Å². The molecular formula is C27H51N3O3. The molecule has 6 nitrogen and oxygen atoms in total. The third-order valence-corrected chi connectivity index (χ3v) is 5.49. The van der Waals surface area contributed by atoms with Crippen LogP contribution in [0.5, 0.6) is 0 Å². The highest BCUT2D eigenvalue weighted by molar-refractivity contribution is 5.76. The molecule has 0 aliphatic heterocycles. The molecule has 0 heterocycles. The van der Waals surface area contributed by atoms with Gasteiger partial charge in [0.05, 0.1) is 6.10 Å². The summed E-state index contributed by atoms with van der Waals surface area (Å²) in [5.41, 5.74) is 0. The molecule has 0 saturated heterocycles. The predicted molar refractivity (Wildman–Crippen MR) is 139 cm³/mol. The minimum absolute atomic E-state index is 0.132. The fourth-order valence-electron chi connectivity index (χ4n) is 3.69. The summed E-state index contributed by atoms with van der Waals surface area (Å²) in [6.07, 6.45) is 19.5. The van der Waals surface area contributed by atoms with Gasteiger partial charge < -0.3 is 20.6 Å². The lowest BCUT2D eigenvalue weighted by atomic mass is 10.1. The molecule has 0 aliphatic carbocycles. The van der Waals surface area contributed by atoms with E-state index in [9.17, 15) is 14.7 Å². The van der Waals surface area contributed by atoms with E-state index < -0.39 is 0 Å². The van der Waals surface area contributed by atoms with E-state index in [4.69, 9.17) is 0 Å². The number of aliphatic hydroxyl groups excluding tert-OH is 1. The Morgan fingerprint density at radius 1 is 0.758 bits per heavy atom. The zero-order chi connectivity index (χ0) is 24.6. The van der Waals surface area contributed by atoms with Gasteiger partial charge in [-0.25, -0.2) is 0 Å². The maximum Gasteiger partial charge on any atom is 0.219 e. The first-order chi connectivity index (χ1) is 16.0. The van der Waals surface area contributed by atoms with Crippen LogP contribution in [-0.2, 0) is 9.59 Å². The third-order valence-electron chi connectivity index (χ3n) is 5.49. The molecule has 0 aromatic rings. The van der Waals surface area contributed by atoms with Crippen molar-refractivity contribution in [2.24, 2.45) is 0 Å². The number of hydrogen-bond donors (Lipinski definition) is 3. The van der Waals surface area contributed by atoms with Gasteiger partial charge in [-0.2, -0.15) is 0 Å². The molecule has 0 rings (SSSR count). The molecule has 0 fully saturated rings. The van der Waals surface area contributed by atoms with Crippen molar-refractivity contribution in [3.63, 3.8) is 0 Å². The van der Waals surface area contributed by atoms with Crippen molar-refractivity contribution in [1.82, 2.24) is 15.5 Å². The number of allylic oxidation sites excluding steroid dienone is 4. The second kappa shape index (κ2) is 23.5. The number of amides is 2. The van der Waals surface area contributed by atoms with Crippen LogP contribution in [0, 0.1) is 0 Å². The molecule has 33 heavy (non-hydrogen) atoms. The number of rotatable bonds is 22. The Morgan fingerprint density at radius 2 is 1.21 bits per heavy atom. The highest BCUT2D eigenvalue weighted by Crippen LogP contribution is 2.05. The quantitative estimate of drug-likeness (QED) is 0.159. The molecule has 1 atom stereocenters. The van der Waals surface area contributed by atoms with E-state index in [-0.39, 0.29) is 17.9 Å². The number of carbonyl (C=O) groups is 2. The molecular weight excluding hydrogens is 414 g/mol. The summed E-state index contributed by atoms with van der Waals surface area (Å²) in [4.78, 5) is 26.1. The van der Waals surface area contributed by atoms with E-state index >= 15 is 0 Å². The van der Waals surface area contributed by atoms with Gasteiger partial charge in [0, 0.05) is 32.5 Å². The third kappa shape index (κ3) is 23.3. The topological polar surface area (TPSA) is 81.7 Å². The molecule has 0 saturated carbocycles. The number of nitrogens with zero attached hydrogens (tertiary/aromatic N) is 1. The first kappa shape index (κ1) is 31.3. The lowest BCUT2D eigenvalue weighted by Gasteiger charge is -2.23. The molecule has 192 valence electrons. The smallest absolute Gasteiger partial charge is 0.219 e. The Morgan fingerprint density at radius 3 is 1.61 bits per heavy atom. The zero-order valence-electron chi connectivity index (χ0n) is 21.6. The summed E-state index contributed by atoms with van der Waals surface area (Å²) in [6, 6.07) is 0. The van der Waals surface area contributed by atoms with E-state index in [1.807, 2.05) is 13.8 Å². The van der Waals surface area contributed by atoms with Crippen molar-refractivity contribution in [3.8, 4) is 0 Å². The monoisotopic (exact) mass is 465 g/mol. The molecule has 1 unspecified atom stereocenters. The highest BCUT2D eigenvalue weighted by Gasteiger charge is 2.09. The lowest BCUT2D eigenvalue weighted by Crippen LogP contribution is -2.36. The maximum absolute atomic E-state index is 11.9. The number of nitrogens with one attached hydrogen (secondary N) is 2. The van der Waals surface area contributed by atoms with Gasteiger partial charge in [-0.05, 0) is 85.2 Å². The highest BCUT2D eigenvalue weighted by atomic mass is 16.3. The first-order valence-electron chi connectivity index (χ1n) is 13.2. The van der Waals surface area contributed by atoms with Crippen molar-refractivity contribution in [1.29, 1.82) is 0 Å². The van der Waals surface area contributed by atoms with E-state index in [1.165, 1.54) is 0 Å². The van der Waals surface area contributed by atoms with Crippen molar-refractivity contribution in [3.05, 3.63) is 24.3 Å². The van der Waals surface area contributed by atoms with E-state index in [2.05, 4.69) is 39.8 Å². The van der Waals surface area contributed by atoms with Crippen LogP contribution in [0.2, 0.25) is 0 Å². The Hall–Kier alpha value is -1.66. The summed E-state index contributed by atoms with van der Waals surface area (Å²) in [5, 5.41) is 15.8. The SMILES string of the molecule is C/C=C/CCCCCC(=O)NCCCN(CCCNC(=O)CCCCC/C=C/C)CC(C)O. The van der Waals surface area contributed by atoms with Gasteiger partial charge in [0.1, 0.15) is 0 Å². The fourth-order valence-corrected chi connectivity index (χ4v) is 3.69. The standard InChI is InChI=1S/C27H51N3O3/c1-4-6-8-10-12-14-18-26(32)28-20-16-22-30(24-25(3)31)23-17-21-29-27(33)19-15-13-11-9-7-5-2/h4-7,25,31H,8-24H2,1-3H3,(H,28,32)(H,29,33)/b6-4+,7-5+. The van der Waals surface area contributed by atoms with Gasteiger partial charge in [0.25, 0.3) is 0 Å². The first-order valence-corrected chi connectivity index (χ1v) is 13.2. The summed E-state index contributed by atoms with van der Waals surface area (Å²) in [6.45, 7) is 9.46. The predicted octanol–water partition coefficient (Wildman–Crippen LogP) is 4.74. The maximum atomic E-state index is 11.9. The van der Waals surface area contributed by atoms with Crippen LogP contribution in [0.25, 0.3) is 0 Å². The molecule has 3 N–H and O–H groups in total. The number of hydrogen-bond acceptors (Lipinski definition) is 4. The Labute approximate surface area is 203 Å². The van der Waals surface area contributed by atoms with Crippen molar-refractivity contribution < 1.29 is 14.7 Å². The molecule has 0 aromatic heterocycles. The van der Waals surface area contributed by atoms with Gasteiger partial charge in [0.15, 0.2) is 0 Å². The van der Waals surface area contributed by atoms with Gasteiger partial charge in [0.2, 0.25) is 11.8 Å². The van der Waals surface area contributed by atoms with Crippen molar-refractivity contribution >= 4 is 11.8 Å². The fraction of sp³-hybridized carbons (Fsp3) is 0.778. The summed E-state index contributed by atoms with van der Waals surface area (Å²) in [5.74, 6) is 0.264. The van der Waals surface area contributed by atoms with Crippen LogP contribution in [-0.4, -0.2) is 60.6 Å². The number of carbonyl (C=O) groups excluding carboxylic acids is 2. The minimum Gasteiger partial charge on any atom is -0.392 e. The Bertz CT molecular complexity index is 491. The van der Waals surface area contributed by atoms with Gasteiger partial charge in [-0.15, -0.1) is 0 Å². The minimum atomic E-state index is -0.390. The average Bonchev–Trinajstić information content (AvgIpc) is 2.78.